The second-order valence-electron chi connectivity index (χ2n) is 2.81. The van der Waals surface area contributed by atoms with Gasteiger partial charge in [-0.2, -0.15) is 0 Å². The minimum Gasteiger partial charge on any atom is -0.469 e. The number of ether oxygens (including phenoxy) is 2. The van der Waals surface area contributed by atoms with Crippen LogP contribution < -0.4 is 5.32 Å². The van der Waals surface area contributed by atoms with Gasteiger partial charge in [-0.05, 0) is 13.0 Å². The predicted octanol–water partition coefficient (Wildman–Crippen LogP) is 0.350. The molecule has 1 atom stereocenters. The van der Waals surface area contributed by atoms with Crippen molar-refractivity contribution < 1.29 is 14.3 Å². The fraction of sp³-hybridized carbons (Fsp3) is 0.875. The van der Waals surface area contributed by atoms with Crippen LogP contribution in [0.25, 0.3) is 0 Å². The number of nitrogens with one attached hydrogen (secondary N) is 1. The molecule has 4 nitrogen and oxygen atoms in total. The third-order valence-corrected chi connectivity index (χ3v) is 1.90. The molecule has 1 N–H and O–H groups in total. The first-order chi connectivity index (χ1) is 5.83. The van der Waals surface area contributed by atoms with E-state index in [1.807, 2.05) is 0 Å². The van der Waals surface area contributed by atoms with Gasteiger partial charge in [0.15, 0.2) is 0 Å². The third kappa shape index (κ3) is 5.08. The monoisotopic (exact) mass is 209 g/mol. The van der Waals surface area contributed by atoms with Crippen LogP contribution in [0.5, 0.6) is 0 Å². The summed E-state index contributed by atoms with van der Waals surface area (Å²) in [5.74, 6) is -0.207. The van der Waals surface area contributed by atoms with E-state index in [0.29, 0.717) is 13.0 Å². The summed E-state index contributed by atoms with van der Waals surface area (Å²) in [6.45, 7) is 2.39. The van der Waals surface area contributed by atoms with Crippen LogP contribution in [0, 0.1) is 0 Å². The average molecular weight is 210 g/mol. The molecule has 5 heteroatoms. The number of carbonyl (C=O) groups excluding carboxylic acids is 1. The molecule has 0 saturated carbocycles. The summed E-state index contributed by atoms with van der Waals surface area (Å²) in [6, 6.07) is 0. The van der Waals surface area contributed by atoms with Crippen molar-refractivity contribution in [2.75, 3.05) is 26.8 Å². The van der Waals surface area contributed by atoms with Gasteiger partial charge in [-0.1, -0.05) is 0 Å². The molecule has 0 aliphatic carbocycles. The third-order valence-electron chi connectivity index (χ3n) is 1.90. The van der Waals surface area contributed by atoms with Crippen molar-refractivity contribution in [3.63, 3.8) is 0 Å². The molecule has 0 aromatic heterocycles. The highest BCUT2D eigenvalue weighted by molar-refractivity contribution is 5.85. The predicted molar refractivity (Wildman–Crippen MR) is 51.1 cm³/mol. The van der Waals surface area contributed by atoms with Gasteiger partial charge in [0.25, 0.3) is 0 Å². The molecule has 13 heavy (non-hydrogen) atoms. The Morgan fingerprint density at radius 2 is 2.38 bits per heavy atom. The molecule has 0 aromatic carbocycles. The first-order valence-corrected chi connectivity index (χ1v) is 4.22. The Morgan fingerprint density at radius 1 is 1.62 bits per heavy atom. The van der Waals surface area contributed by atoms with E-state index in [4.69, 9.17) is 4.74 Å². The Kier molecular flexibility index (Phi) is 6.94. The molecule has 1 aliphatic heterocycles. The lowest BCUT2D eigenvalue weighted by Gasteiger charge is -2.08. The summed E-state index contributed by atoms with van der Waals surface area (Å²) in [5, 5.41) is 3.18. The van der Waals surface area contributed by atoms with Crippen molar-refractivity contribution in [3.8, 4) is 0 Å². The maximum Gasteiger partial charge on any atom is 0.307 e. The Morgan fingerprint density at radius 3 is 2.92 bits per heavy atom. The largest absolute Gasteiger partial charge is 0.469 e. The van der Waals surface area contributed by atoms with E-state index in [1.54, 1.807) is 0 Å². The summed E-state index contributed by atoms with van der Waals surface area (Å²) in [6.07, 6.45) is 1.68. The van der Waals surface area contributed by atoms with E-state index in [2.05, 4.69) is 10.1 Å². The van der Waals surface area contributed by atoms with Crippen molar-refractivity contribution in [2.45, 2.75) is 18.9 Å². The lowest BCUT2D eigenvalue weighted by Crippen LogP contribution is -2.18. The lowest BCUT2D eigenvalue weighted by atomic mass is 10.3. The molecule has 0 radical (unpaired) electrons. The topological polar surface area (TPSA) is 47.6 Å². The van der Waals surface area contributed by atoms with Crippen LogP contribution in [0.3, 0.4) is 0 Å². The van der Waals surface area contributed by atoms with Crippen molar-refractivity contribution in [3.05, 3.63) is 0 Å². The summed E-state index contributed by atoms with van der Waals surface area (Å²) < 4.78 is 9.89. The Balaban J connectivity index is 0.00000144. The second kappa shape index (κ2) is 7.12. The van der Waals surface area contributed by atoms with Crippen LogP contribution in [-0.2, 0) is 14.3 Å². The highest BCUT2D eigenvalue weighted by atomic mass is 35.5. The SMILES string of the molecule is COC(=O)CCOC1CCNC1.Cl. The first kappa shape index (κ1) is 12.7. The fourth-order valence-corrected chi connectivity index (χ4v) is 1.18. The van der Waals surface area contributed by atoms with Crippen LogP contribution in [0.15, 0.2) is 0 Å². The number of rotatable bonds is 4. The zero-order valence-electron chi connectivity index (χ0n) is 7.75. The maximum atomic E-state index is 10.7. The first-order valence-electron chi connectivity index (χ1n) is 4.22. The van der Waals surface area contributed by atoms with E-state index < -0.39 is 0 Å². The number of hydrogen-bond donors (Lipinski definition) is 1. The van der Waals surface area contributed by atoms with Crippen LogP contribution in [0.4, 0.5) is 0 Å². The number of halogens is 1. The van der Waals surface area contributed by atoms with Crippen molar-refractivity contribution >= 4 is 18.4 Å². The summed E-state index contributed by atoms with van der Waals surface area (Å²) in [4.78, 5) is 10.7. The standard InChI is InChI=1S/C8H15NO3.ClH/c1-11-8(10)3-5-12-7-2-4-9-6-7;/h7,9H,2-6H2,1H3;1H. The maximum absolute atomic E-state index is 10.7. The number of esters is 1. The molecule has 1 fully saturated rings. The van der Waals surface area contributed by atoms with E-state index in [0.717, 1.165) is 19.5 Å². The second-order valence-corrected chi connectivity index (χ2v) is 2.81. The molecule has 1 rings (SSSR count). The van der Waals surface area contributed by atoms with Gasteiger partial charge < -0.3 is 14.8 Å². The van der Waals surface area contributed by atoms with E-state index in [1.165, 1.54) is 7.11 Å². The van der Waals surface area contributed by atoms with Gasteiger partial charge in [-0.15, -0.1) is 12.4 Å². The van der Waals surface area contributed by atoms with Gasteiger partial charge in [-0.25, -0.2) is 0 Å². The molecule has 0 amide bonds. The van der Waals surface area contributed by atoms with E-state index in [9.17, 15) is 4.79 Å². The van der Waals surface area contributed by atoms with Gasteiger partial charge in [0.1, 0.15) is 0 Å². The summed E-state index contributed by atoms with van der Waals surface area (Å²) >= 11 is 0. The van der Waals surface area contributed by atoms with Crippen molar-refractivity contribution in [2.24, 2.45) is 0 Å². The van der Waals surface area contributed by atoms with Gasteiger partial charge in [0, 0.05) is 6.54 Å². The minimum atomic E-state index is -0.207. The Hall–Kier alpha value is -0.320. The molecule has 78 valence electrons. The molecular weight excluding hydrogens is 194 g/mol. The van der Waals surface area contributed by atoms with Gasteiger partial charge >= 0.3 is 5.97 Å². The number of methoxy groups -OCH3 is 1. The van der Waals surface area contributed by atoms with Crippen LogP contribution in [0.1, 0.15) is 12.8 Å². The van der Waals surface area contributed by atoms with E-state index >= 15 is 0 Å². The fourth-order valence-electron chi connectivity index (χ4n) is 1.18. The zero-order chi connectivity index (χ0) is 8.81. The zero-order valence-corrected chi connectivity index (χ0v) is 8.56. The average Bonchev–Trinajstić information content (AvgIpc) is 2.57. The molecule has 0 spiro atoms. The van der Waals surface area contributed by atoms with E-state index in [-0.39, 0.29) is 24.5 Å². The number of hydrogen-bond acceptors (Lipinski definition) is 4. The molecule has 1 aliphatic rings. The van der Waals surface area contributed by atoms with Gasteiger partial charge in [0.2, 0.25) is 0 Å². The normalized spacial score (nSPS) is 20.8. The van der Waals surface area contributed by atoms with Gasteiger partial charge in [-0.3, -0.25) is 4.79 Å². The summed E-state index contributed by atoms with van der Waals surface area (Å²) in [5.41, 5.74) is 0. The molecular formula is C8H16ClNO3. The molecule has 1 unspecified atom stereocenters. The Bertz CT molecular complexity index is 148. The number of carbonyl (C=O) groups is 1. The quantitative estimate of drug-likeness (QED) is 0.679. The molecule has 0 aromatic rings. The van der Waals surface area contributed by atoms with Crippen LogP contribution in [-0.4, -0.2) is 38.9 Å². The highest BCUT2D eigenvalue weighted by Gasteiger charge is 2.14. The minimum absolute atomic E-state index is 0. The Labute approximate surface area is 84.4 Å². The molecule has 0 bridgehead atoms. The van der Waals surface area contributed by atoms with Crippen molar-refractivity contribution in [1.82, 2.24) is 5.32 Å². The van der Waals surface area contributed by atoms with Crippen LogP contribution >= 0.6 is 12.4 Å². The van der Waals surface area contributed by atoms with Crippen LogP contribution in [0.2, 0.25) is 0 Å². The highest BCUT2D eigenvalue weighted by Crippen LogP contribution is 2.03. The molecule has 1 heterocycles. The smallest absolute Gasteiger partial charge is 0.307 e. The summed E-state index contributed by atoms with van der Waals surface area (Å²) in [7, 11) is 1.39. The lowest BCUT2D eigenvalue weighted by molar-refractivity contribution is -0.142. The van der Waals surface area contributed by atoms with Gasteiger partial charge in [0.05, 0.1) is 26.2 Å². The van der Waals surface area contributed by atoms with Crippen molar-refractivity contribution in [1.29, 1.82) is 0 Å². The molecule has 1 saturated heterocycles.